The van der Waals surface area contributed by atoms with Gasteiger partial charge in [0.05, 0.1) is 16.6 Å². The summed E-state index contributed by atoms with van der Waals surface area (Å²) in [6.07, 6.45) is 4.89. The number of anilines is 1. The van der Waals surface area contributed by atoms with Crippen molar-refractivity contribution in [2.75, 3.05) is 4.90 Å². The van der Waals surface area contributed by atoms with Gasteiger partial charge in [0.1, 0.15) is 11.9 Å². The van der Waals surface area contributed by atoms with Crippen LogP contribution in [0.1, 0.15) is 57.6 Å². The van der Waals surface area contributed by atoms with Crippen molar-refractivity contribution in [1.29, 1.82) is 5.26 Å². The minimum Gasteiger partial charge on any atom is -0.349 e. The standard InChI is InChI=1S/C23H26N4/c1-15-11-20(27-16-9-10-23(27,4)14-22(2,3)12-16)26-19-8-6-5-7-18(19)25-21(26)17(15)13-24/h5-8,11,16H,9-10,12,14H2,1-4H3. The Kier molecular flexibility index (Phi) is 3.23. The molecular weight excluding hydrogens is 332 g/mol. The molecule has 138 valence electrons. The summed E-state index contributed by atoms with van der Waals surface area (Å²) in [6, 6.07) is 13.4. The summed E-state index contributed by atoms with van der Waals surface area (Å²) in [7, 11) is 0. The third-order valence-corrected chi connectivity index (χ3v) is 6.72. The van der Waals surface area contributed by atoms with E-state index in [0.29, 0.717) is 17.0 Å². The Balaban J connectivity index is 1.84. The van der Waals surface area contributed by atoms with E-state index in [0.717, 1.165) is 22.2 Å². The van der Waals surface area contributed by atoms with Crippen LogP contribution in [0.5, 0.6) is 0 Å². The van der Waals surface area contributed by atoms with Crippen LogP contribution in [-0.4, -0.2) is 21.0 Å². The van der Waals surface area contributed by atoms with E-state index < -0.39 is 0 Å². The first-order valence-electron chi connectivity index (χ1n) is 9.93. The van der Waals surface area contributed by atoms with Gasteiger partial charge in [-0.05, 0) is 68.7 Å². The molecule has 2 bridgehead atoms. The topological polar surface area (TPSA) is 44.3 Å². The SMILES string of the molecule is Cc1cc(N2C3CCC2(C)CC(C)(C)C3)n2c(nc3ccccc32)c1C#N. The summed E-state index contributed by atoms with van der Waals surface area (Å²) < 4.78 is 2.23. The van der Waals surface area contributed by atoms with Gasteiger partial charge < -0.3 is 4.90 Å². The molecule has 2 saturated heterocycles. The molecule has 2 unspecified atom stereocenters. The van der Waals surface area contributed by atoms with Gasteiger partial charge in [0.2, 0.25) is 0 Å². The summed E-state index contributed by atoms with van der Waals surface area (Å²) >= 11 is 0. The first-order valence-corrected chi connectivity index (χ1v) is 9.93. The lowest BCUT2D eigenvalue weighted by atomic mass is 9.73. The first-order chi connectivity index (χ1) is 12.8. The molecule has 4 nitrogen and oxygen atoms in total. The highest BCUT2D eigenvalue weighted by atomic mass is 15.3. The molecule has 2 aromatic heterocycles. The summed E-state index contributed by atoms with van der Waals surface area (Å²) in [5.41, 5.74) is 5.08. The molecule has 2 fully saturated rings. The highest BCUT2D eigenvalue weighted by molar-refractivity contribution is 5.85. The van der Waals surface area contributed by atoms with Crippen molar-refractivity contribution in [2.24, 2.45) is 5.41 Å². The number of hydrogen-bond acceptors (Lipinski definition) is 3. The van der Waals surface area contributed by atoms with Crippen LogP contribution in [0, 0.1) is 23.7 Å². The van der Waals surface area contributed by atoms with E-state index in [1.165, 1.54) is 31.5 Å². The van der Waals surface area contributed by atoms with Crippen molar-refractivity contribution >= 4 is 22.5 Å². The van der Waals surface area contributed by atoms with Gasteiger partial charge in [0.15, 0.2) is 5.65 Å². The maximum atomic E-state index is 9.76. The minimum absolute atomic E-state index is 0.158. The van der Waals surface area contributed by atoms with Crippen LogP contribution in [-0.2, 0) is 0 Å². The Hall–Kier alpha value is -2.54. The maximum absolute atomic E-state index is 9.76. The molecule has 0 aliphatic carbocycles. The molecule has 4 heterocycles. The van der Waals surface area contributed by atoms with Gasteiger partial charge in [-0.25, -0.2) is 4.98 Å². The minimum atomic E-state index is 0.158. The zero-order chi connectivity index (χ0) is 19.0. The molecule has 0 saturated carbocycles. The maximum Gasteiger partial charge on any atom is 0.157 e. The number of nitriles is 1. The Morgan fingerprint density at radius 2 is 2.00 bits per heavy atom. The second-order valence-corrected chi connectivity index (χ2v) is 9.54. The zero-order valence-corrected chi connectivity index (χ0v) is 16.6. The molecule has 1 aromatic carbocycles. The molecule has 2 aliphatic heterocycles. The van der Waals surface area contributed by atoms with Crippen LogP contribution < -0.4 is 4.90 Å². The summed E-state index contributed by atoms with van der Waals surface area (Å²) in [5, 5.41) is 9.76. The lowest BCUT2D eigenvalue weighted by Gasteiger charge is -2.50. The molecule has 3 aromatic rings. The lowest BCUT2D eigenvalue weighted by Crippen LogP contribution is -2.54. The highest BCUT2D eigenvalue weighted by Gasteiger charge is 2.52. The second-order valence-electron chi connectivity index (χ2n) is 9.54. The molecule has 4 heteroatoms. The number of pyridine rings is 1. The molecule has 27 heavy (non-hydrogen) atoms. The molecule has 0 radical (unpaired) electrons. The van der Waals surface area contributed by atoms with E-state index in [1.807, 2.05) is 19.1 Å². The summed E-state index contributed by atoms with van der Waals surface area (Å²) in [6.45, 7) is 9.28. The molecular formula is C23H26N4. The summed E-state index contributed by atoms with van der Waals surface area (Å²) in [5.74, 6) is 1.20. The van der Waals surface area contributed by atoms with Gasteiger partial charge in [0.25, 0.3) is 0 Å². The quantitative estimate of drug-likeness (QED) is 0.599. The number of aromatic nitrogens is 2. The molecule has 2 atom stereocenters. The number of benzene rings is 1. The number of hydrogen-bond donors (Lipinski definition) is 0. The van der Waals surface area contributed by atoms with E-state index in [2.05, 4.69) is 54.3 Å². The highest BCUT2D eigenvalue weighted by Crippen LogP contribution is 2.53. The van der Waals surface area contributed by atoms with E-state index >= 15 is 0 Å². The number of rotatable bonds is 1. The fourth-order valence-corrected chi connectivity index (χ4v) is 5.99. The predicted octanol–water partition coefficient (Wildman–Crippen LogP) is 5.22. The van der Waals surface area contributed by atoms with E-state index in [1.54, 1.807) is 0 Å². The number of fused-ring (bicyclic) bond motifs is 5. The Labute approximate surface area is 160 Å². The summed E-state index contributed by atoms with van der Waals surface area (Å²) in [4.78, 5) is 7.50. The number of nitrogens with zero attached hydrogens (tertiary/aromatic N) is 4. The molecule has 0 N–H and O–H groups in total. The van der Waals surface area contributed by atoms with Crippen LogP contribution in [0.3, 0.4) is 0 Å². The van der Waals surface area contributed by atoms with Crippen LogP contribution in [0.25, 0.3) is 16.7 Å². The Bertz CT molecular complexity index is 1120. The van der Waals surface area contributed by atoms with Gasteiger partial charge >= 0.3 is 0 Å². The van der Waals surface area contributed by atoms with E-state index in [9.17, 15) is 5.26 Å². The molecule has 0 spiro atoms. The van der Waals surface area contributed by atoms with E-state index in [4.69, 9.17) is 4.98 Å². The van der Waals surface area contributed by atoms with Crippen LogP contribution in [0.15, 0.2) is 30.3 Å². The second kappa shape index (κ2) is 5.25. The van der Waals surface area contributed by atoms with Crippen LogP contribution in [0.4, 0.5) is 5.82 Å². The lowest BCUT2D eigenvalue weighted by molar-refractivity contribution is 0.184. The normalized spacial score (nSPS) is 26.6. The van der Waals surface area contributed by atoms with Crippen molar-refractivity contribution in [3.8, 4) is 6.07 Å². The van der Waals surface area contributed by atoms with Gasteiger partial charge in [-0.2, -0.15) is 5.26 Å². The molecule has 2 aliphatic rings. The average molecular weight is 358 g/mol. The van der Waals surface area contributed by atoms with Crippen molar-refractivity contribution in [1.82, 2.24) is 9.38 Å². The van der Waals surface area contributed by atoms with Crippen molar-refractivity contribution in [3.05, 3.63) is 41.5 Å². The monoisotopic (exact) mass is 358 g/mol. The third kappa shape index (κ3) is 2.24. The van der Waals surface area contributed by atoms with Crippen molar-refractivity contribution in [3.63, 3.8) is 0 Å². The van der Waals surface area contributed by atoms with Crippen LogP contribution in [0.2, 0.25) is 0 Å². The molecule has 0 amide bonds. The molecule has 5 rings (SSSR count). The number of imidazole rings is 1. The third-order valence-electron chi connectivity index (χ3n) is 6.72. The number of aryl methyl sites for hydroxylation is 1. The number of para-hydroxylation sites is 2. The first kappa shape index (κ1) is 16.6. The van der Waals surface area contributed by atoms with Crippen molar-refractivity contribution < 1.29 is 0 Å². The zero-order valence-electron chi connectivity index (χ0n) is 16.6. The smallest absolute Gasteiger partial charge is 0.157 e. The average Bonchev–Trinajstić information content (AvgIpc) is 3.07. The van der Waals surface area contributed by atoms with E-state index in [-0.39, 0.29) is 5.54 Å². The van der Waals surface area contributed by atoms with Crippen LogP contribution >= 0.6 is 0 Å². The Morgan fingerprint density at radius 3 is 2.74 bits per heavy atom. The largest absolute Gasteiger partial charge is 0.349 e. The Morgan fingerprint density at radius 1 is 1.22 bits per heavy atom. The number of piperidine rings is 1. The van der Waals surface area contributed by atoms with Gasteiger partial charge in [-0.1, -0.05) is 26.0 Å². The van der Waals surface area contributed by atoms with Gasteiger partial charge in [-0.15, -0.1) is 0 Å². The fraction of sp³-hybridized carbons (Fsp3) is 0.478. The van der Waals surface area contributed by atoms with Crippen molar-refractivity contribution in [2.45, 2.75) is 65.0 Å². The predicted molar refractivity (Wildman–Crippen MR) is 109 cm³/mol. The van der Waals surface area contributed by atoms with Gasteiger partial charge in [0, 0.05) is 11.6 Å². The fourth-order valence-electron chi connectivity index (χ4n) is 5.99. The van der Waals surface area contributed by atoms with Gasteiger partial charge in [-0.3, -0.25) is 4.40 Å².